The molecular weight excluding hydrogens is 288 g/mol. The summed E-state index contributed by atoms with van der Waals surface area (Å²) in [7, 11) is 1.55. The maximum absolute atomic E-state index is 12.1. The summed E-state index contributed by atoms with van der Waals surface area (Å²) in [5.41, 5.74) is 0.692. The number of nitrogens with zero attached hydrogens (tertiary/aromatic N) is 1. The summed E-state index contributed by atoms with van der Waals surface area (Å²) in [6, 6.07) is 6.68. The molecule has 0 radical (unpaired) electrons. The first kappa shape index (κ1) is 15.8. The Balaban J connectivity index is 2.01. The second-order valence-corrected chi connectivity index (χ2v) is 4.80. The van der Waals surface area contributed by atoms with E-state index in [0.717, 1.165) is 0 Å². The van der Waals surface area contributed by atoms with Gasteiger partial charge in [-0.05, 0) is 19.1 Å². The highest BCUT2D eigenvalue weighted by Gasteiger charge is 2.33. The molecule has 7 nitrogen and oxygen atoms in total. The van der Waals surface area contributed by atoms with Gasteiger partial charge >= 0.3 is 11.9 Å². The van der Waals surface area contributed by atoms with Crippen LogP contribution >= 0.6 is 0 Å². The van der Waals surface area contributed by atoms with E-state index < -0.39 is 17.9 Å². The van der Waals surface area contributed by atoms with Crippen LogP contribution in [0.2, 0.25) is 0 Å². The van der Waals surface area contributed by atoms with Gasteiger partial charge in [0.25, 0.3) is 0 Å². The molecule has 1 heterocycles. The molecule has 0 bridgehead atoms. The minimum Gasteiger partial charge on any atom is -0.497 e. The monoisotopic (exact) mass is 306 g/mol. The average molecular weight is 306 g/mol. The molecule has 1 aliphatic rings. The molecule has 1 atom stereocenters. The van der Waals surface area contributed by atoms with Crippen molar-refractivity contribution in [3.05, 3.63) is 24.3 Å². The first-order chi connectivity index (χ1) is 10.5. The van der Waals surface area contributed by atoms with Crippen LogP contribution in [0.1, 0.15) is 13.3 Å². The molecule has 22 heavy (non-hydrogen) atoms. The van der Waals surface area contributed by atoms with E-state index in [1.807, 2.05) is 0 Å². The van der Waals surface area contributed by atoms with Gasteiger partial charge in [0.1, 0.15) is 5.75 Å². The number of nitrogens with one attached hydrogen (secondary N) is 1. The van der Waals surface area contributed by atoms with Gasteiger partial charge in [-0.3, -0.25) is 9.59 Å². The van der Waals surface area contributed by atoms with E-state index in [1.54, 1.807) is 43.2 Å². The molecular formula is C15H18N2O5. The minimum atomic E-state index is -0.935. The van der Waals surface area contributed by atoms with Crippen molar-refractivity contribution in [2.75, 3.05) is 25.2 Å². The number of benzene rings is 1. The summed E-state index contributed by atoms with van der Waals surface area (Å²) in [5.74, 6) is -1.24. The van der Waals surface area contributed by atoms with Gasteiger partial charge in [-0.15, -0.1) is 0 Å². The Labute approximate surface area is 128 Å². The van der Waals surface area contributed by atoms with Gasteiger partial charge < -0.3 is 19.7 Å². The molecule has 0 saturated carbocycles. The van der Waals surface area contributed by atoms with E-state index in [1.165, 1.54) is 0 Å². The molecule has 1 aromatic carbocycles. The van der Waals surface area contributed by atoms with E-state index >= 15 is 0 Å². The first-order valence-corrected chi connectivity index (χ1v) is 6.97. The van der Waals surface area contributed by atoms with Crippen molar-refractivity contribution < 1.29 is 23.9 Å². The third-order valence-corrected chi connectivity index (χ3v) is 3.29. The van der Waals surface area contributed by atoms with Gasteiger partial charge in [-0.1, -0.05) is 6.07 Å². The molecule has 1 aromatic rings. The lowest BCUT2D eigenvalue weighted by molar-refractivity contribution is -0.154. The van der Waals surface area contributed by atoms with E-state index in [9.17, 15) is 14.4 Å². The lowest BCUT2D eigenvalue weighted by Gasteiger charge is -2.17. The number of carbonyl (C=O) groups is 3. The van der Waals surface area contributed by atoms with Gasteiger partial charge in [0.05, 0.1) is 19.8 Å². The highest BCUT2D eigenvalue weighted by molar-refractivity contribution is 6.32. The molecule has 1 N–H and O–H groups in total. The van der Waals surface area contributed by atoms with Gasteiger partial charge in [0.15, 0.2) is 0 Å². The van der Waals surface area contributed by atoms with Crippen LogP contribution < -0.4 is 15.0 Å². The molecule has 2 amide bonds. The summed E-state index contributed by atoms with van der Waals surface area (Å²) in [5, 5.41) is 2.51. The second kappa shape index (κ2) is 6.93. The molecule has 2 rings (SSSR count). The maximum atomic E-state index is 12.1. The van der Waals surface area contributed by atoms with E-state index in [2.05, 4.69) is 10.1 Å². The number of esters is 1. The largest absolute Gasteiger partial charge is 0.497 e. The number of hydrogen-bond donors (Lipinski definition) is 1. The van der Waals surface area contributed by atoms with Crippen LogP contribution in [0.15, 0.2) is 24.3 Å². The van der Waals surface area contributed by atoms with Gasteiger partial charge in [0, 0.05) is 24.7 Å². The number of ether oxygens (including phenoxy) is 2. The Morgan fingerprint density at radius 2 is 2.18 bits per heavy atom. The smallest absolute Gasteiger partial charge is 0.396 e. The summed E-state index contributed by atoms with van der Waals surface area (Å²) in [6.45, 7) is 2.05. The summed E-state index contributed by atoms with van der Waals surface area (Å²) >= 11 is 0. The van der Waals surface area contributed by atoms with Crippen molar-refractivity contribution >= 4 is 23.5 Å². The number of amides is 2. The Kier molecular flexibility index (Phi) is 4.98. The van der Waals surface area contributed by atoms with Crippen LogP contribution in [0.3, 0.4) is 0 Å². The predicted molar refractivity (Wildman–Crippen MR) is 78.5 cm³/mol. The van der Waals surface area contributed by atoms with Crippen LogP contribution in [0, 0.1) is 0 Å². The third kappa shape index (κ3) is 3.55. The van der Waals surface area contributed by atoms with Gasteiger partial charge in [0.2, 0.25) is 5.91 Å². The average Bonchev–Trinajstić information content (AvgIpc) is 2.88. The fourth-order valence-corrected chi connectivity index (χ4v) is 2.27. The lowest BCUT2D eigenvalue weighted by Crippen LogP contribution is -2.41. The van der Waals surface area contributed by atoms with Crippen LogP contribution in [0.4, 0.5) is 5.69 Å². The normalized spacial score (nSPS) is 17.3. The van der Waals surface area contributed by atoms with Crippen LogP contribution in [-0.2, 0) is 19.1 Å². The quantitative estimate of drug-likeness (QED) is 0.646. The zero-order chi connectivity index (χ0) is 16.1. The van der Waals surface area contributed by atoms with Gasteiger partial charge in [-0.25, -0.2) is 4.79 Å². The predicted octanol–water partition coefficient (Wildman–Crippen LogP) is 0.480. The van der Waals surface area contributed by atoms with Gasteiger partial charge in [-0.2, -0.15) is 0 Å². The zero-order valence-electron chi connectivity index (χ0n) is 12.5. The van der Waals surface area contributed by atoms with Crippen molar-refractivity contribution in [1.29, 1.82) is 0 Å². The van der Waals surface area contributed by atoms with Crippen molar-refractivity contribution in [2.45, 2.75) is 19.4 Å². The van der Waals surface area contributed by atoms with Crippen molar-refractivity contribution in [2.24, 2.45) is 0 Å². The molecule has 1 saturated heterocycles. The minimum absolute atomic E-state index is 0.123. The fraction of sp³-hybridized carbons (Fsp3) is 0.400. The summed E-state index contributed by atoms with van der Waals surface area (Å²) in [6.07, 6.45) is 0.141. The van der Waals surface area contributed by atoms with Crippen LogP contribution in [0.5, 0.6) is 5.75 Å². The number of hydrogen-bond acceptors (Lipinski definition) is 5. The highest BCUT2D eigenvalue weighted by atomic mass is 16.5. The molecule has 0 aromatic heterocycles. The first-order valence-electron chi connectivity index (χ1n) is 6.97. The zero-order valence-corrected chi connectivity index (χ0v) is 12.5. The van der Waals surface area contributed by atoms with Crippen molar-refractivity contribution in [1.82, 2.24) is 5.32 Å². The van der Waals surface area contributed by atoms with E-state index in [4.69, 9.17) is 4.74 Å². The SMILES string of the molecule is CCOC(=O)C(=O)N[C@H]1CC(=O)N(c2cccc(OC)c2)C1. The molecule has 118 valence electrons. The Hall–Kier alpha value is -2.57. The summed E-state index contributed by atoms with van der Waals surface area (Å²) in [4.78, 5) is 36.5. The Morgan fingerprint density at radius 1 is 1.41 bits per heavy atom. The van der Waals surface area contributed by atoms with E-state index in [0.29, 0.717) is 18.0 Å². The molecule has 7 heteroatoms. The number of carbonyl (C=O) groups excluding carboxylic acids is 3. The molecule has 0 aliphatic carbocycles. The standard InChI is InChI=1S/C15H18N2O5/c1-3-22-15(20)14(19)16-10-7-13(18)17(9-10)11-5-4-6-12(8-11)21-2/h4-6,8,10H,3,7,9H2,1-2H3,(H,16,19)/t10-/m0/s1. The summed E-state index contributed by atoms with van der Waals surface area (Å²) < 4.78 is 9.75. The number of anilines is 1. The van der Waals surface area contributed by atoms with Crippen molar-refractivity contribution in [3.8, 4) is 5.75 Å². The van der Waals surface area contributed by atoms with Crippen LogP contribution in [-0.4, -0.2) is 44.1 Å². The second-order valence-electron chi connectivity index (χ2n) is 4.80. The molecule has 1 fully saturated rings. The third-order valence-electron chi connectivity index (χ3n) is 3.29. The Bertz CT molecular complexity index is 587. The molecule has 0 unspecified atom stereocenters. The lowest BCUT2D eigenvalue weighted by atomic mass is 10.2. The topological polar surface area (TPSA) is 84.9 Å². The number of methoxy groups -OCH3 is 1. The van der Waals surface area contributed by atoms with Crippen LogP contribution in [0.25, 0.3) is 0 Å². The van der Waals surface area contributed by atoms with Crippen molar-refractivity contribution in [3.63, 3.8) is 0 Å². The van der Waals surface area contributed by atoms with E-state index in [-0.39, 0.29) is 18.9 Å². The number of rotatable bonds is 4. The molecule has 1 aliphatic heterocycles. The fourth-order valence-electron chi connectivity index (χ4n) is 2.27. The Morgan fingerprint density at radius 3 is 2.86 bits per heavy atom. The molecule has 0 spiro atoms. The maximum Gasteiger partial charge on any atom is 0.396 e. The highest BCUT2D eigenvalue weighted by Crippen LogP contribution is 2.25.